The summed E-state index contributed by atoms with van der Waals surface area (Å²) in [5, 5.41) is 25.3. The third-order valence-electron chi connectivity index (χ3n) is 4.06. The zero-order chi connectivity index (χ0) is 17.4. The van der Waals surface area contributed by atoms with Gasteiger partial charge >= 0.3 is 11.9 Å². The number of likely N-dealkylation sites (tertiary alicyclic amines) is 1. The largest absolute Gasteiger partial charge is 0.478 e. The molecular weight excluding hydrogens is 304 g/mol. The number of hydrogen-bond acceptors (Lipinski definition) is 5. The van der Waals surface area contributed by atoms with Gasteiger partial charge in [0.05, 0.1) is 12.1 Å². The minimum absolute atomic E-state index is 0.0156. The highest BCUT2D eigenvalue weighted by atomic mass is 16.4. The predicted octanol–water partition coefficient (Wildman–Crippen LogP) is -0.191. The lowest BCUT2D eigenvalue weighted by atomic mass is 9.96. The average molecular weight is 328 g/mol. The molecule has 0 aromatic heterocycles. The number of nitrogens with two attached hydrogens (primary N) is 1. The van der Waals surface area contributed by atoms with E-state index < -0.39 is 18.0 Å². The Bertz CT molecular complexity index is 443. The molecule has 130 valence electrons. The lowest BCUT2D eigenvalue weighted by Crippen LogP contribution is -2.48. The topological polar surface area (TPSA) is 141 Å². The molecule has 2 fully saturated rings. The maximum absolute atomic E-state index is 12.0. The van der Waals surface area contributed by atoms with Gasteiger partial charge in [0.1, 0.15) is 0 Å². The van der Waals surface area contributed by atoms with Crippen LogP contribution in [0, 0.1) is 5.92 Å². The first-order valence-electron chi connectivity index (χ1n) is 7.69. The van der Waals surface area contributed by atoms with E-state index in [9.17, 15) is 19.5 Å². The van der Waals surface area contributed by atoms with E-state index in [4.69, 9.17) is 15.9 Å². The van der Waals surface area contributed by atoms with E-state index in [0.717, 1.165) is 45.2 Å². The summed E-state index contributed by atoms with van der Waals surface area (Å²) in [7, 11) is 0. The highest BCUT2D eigenvalue weighted by Gasteiger charge is 2.36. The van der Waals surface area contributed by atoms with E-state index in [0.29, 0.717) is 12.2 Å². The molecule has 1 amide bonds. The van der Waals surface area contributed by atoms with Crippen molar-refractivity contribution in [1.82, 2.24) is 4.90 Å². The van der Waals surface area contributed by atoms with Crippen LogP contribution >= 0.6 is 0 Å². The number of nitrogens with zero attached hydrogens (tertiary/aromatic N) is 1. The van der Waals surface area contributed by atoms with Gasteiger partial charge in [-0.05, 0) is 25.7 Å². The van der Waals surface area contributed by atoms with Crippen LogP contribution in [-0.2, 0) is 14.4 Å². The summed E-state index contributed by atoms with van der Waals surface area (Å²) in [6.07, 6.45) is 5.61. The molecule has 1 saturated heterocycles. The Morgan fingerprint density at radius 1 is 1.00 bits per heavy atom. The smallest absolute Gasteiger partial charge is 0.328 e. The summed E-state index contributed by atoms with van der Waals surface area (Å²) in [6.45, 7) is 1.69. The van der Waals surface area contributed by atoms with Gasteiger partial charge in [-0.2, -0.15) is 0 Å². The van der Waals surface area contributed by atoms with Crippen molar-refractivity contribution in [3.8, 4) is 0 Å². The standard InChI is InChI=1S/C11H20N2O2.C4H4O4/c12-10(8-4-3-5-9(8)14)11(15)13-6-1-2-7-13;5-3(6)1-2-4(7)8/h8-10,14H,1-7,12H2;1-2H,(H,5,6)(H,7,8)/b;2-1+/t8-,9+,10+;/m0./s1. The van der Waals surface area contributed by atoms with Gasteiger partial charge in [0, 0.05) is 31.2 Å². The maximum atomic E-state index is 12.0. The minimum Gasteiger partial charge on any atom is -0.478 e. The molecule has 0 aromatic carbocycles. The second kappa shape index (κ2) is 9.26. The molecule has 1 saturated carbocycles. The van der Waals surface area contributed by atoms with Crippen molar-refractivity contribution in [2.24, 2.45) is 11.7 Å². The third-order valence-corrected chi connectivity index (χ3v) is 4.06. The number of amides is 1. The SMILES string of the molecule is N[C@@H](C(=O)N1CCCC1)[C@H]1CCC[C@H]1O.O=C(O)/C=C/C(=O)O. The van der Waals surface area contributed by atoms with Gasteiger partial charge in [0.2, 0.25) is 5.91 Å². The monoisotopic (exact) mass is 328 g/mol. The number of aliphatic hydroxyl groups is 1. The fourth-order valence-electron chi connectivity index (χ4n) is 2.86. The molecule has 0 radical (unpaired) electrons. The number of carboxylic acids is 2. The van der Waals surface area contributed by atoms with Crippen molar-refractivity contribution >= 4 is 17.8 Å². The van der Waals surface area contributed by atoms with Crippen LogP contribution in [0.25, 0.3) is 0 Å². The van der Waals surface area contributed by atoms with Crippen molar-refractivity contribution in [2.75, 3.05) is 13.1 Å². The van der Waals surface area contributed by atoms with Crippen LogP contribution in [0.5, 0.6) is 0 Å². The Balaban J connectivity index is 0.000000284. The zero-order valence-electron chi connectivity index (χ0n) is 12.9. The van der Waals surface area contributed by atoms with Gasteiger partial charge in [-0.3, -0.25) is 4.79 Å². The van der Waals surface area contributed by atoms with E-state index >= 15 is 0 Å². The van der Waals surface area contributed by atoms with E-state index in [2.05, 4.69) is 0 Å². The molecule has 0 spiro atoms. The normalized spacial score (nSPS) is 25.0. The van der Waals surface area contributed by atoms with Crippen molar-refractivity contribution in [2.45, 2.75) is 44.2 Å². The lowest BCUT2D eigenvalue weighted by Gasteiger charge is -2.26. The molecule has 23 heavy (non-hydrogen) atoms. The number of carbonyl (C=O) groups excluding carboxylic acids is 1. The van der Waals surface area contributed by atoms with Crippen molar-refractivity contribution in [3.63, 3.8) is 0 Å². The Morgan fingerprint density at radius 3 is 1.91 bits per heavy atom. The van der Waals surface area contributed by atoms with Crippen LogP contribution in [0.15, 0.2) is 12.2 Å². The van der Waals surface area contributed by atoms with Crippen LogP contribution in [0.3, 0.4) is 0 Å². The first-order valence-corrected chi connectivity index (χ1v) is 7.69. The molecule has 0 unspecified atom stereocenters. The number of aliphatic carboxylic acids is 2. The number of hydrogen-bond donors (Lipinski definition) is 4. The summed E-state index contributed by atoms with van der Waals surface area (Å²) >= 11 is 0. The molecule has 1 heterocycles. The molecule has 8 heteroatoms. The van der Waals surface area contributed by atoms with Gasteiger partial charge in [0.15, 0.2) is 0 Å². The summed E-state index contributed by atoms with van der Waals surface area (Å²) in [5.74, 6) is -2.49. The highest BCUT2D eigenvalue weighted by molar-refractivity contribution is 5.89. The molecule has 0 bridgehead atoms. The van der Waals surface area contributed by atoms with Crippen LogP contribution in [-0.4, -0.2) is 63.3 Å². The van der Waals surface area contributed by atoms with Crippen LogP contribution in [0.2, 0.25) is 0 Å². The van der Waals surface area contributed by atoms with E-state index in [-0.39, 0.29) is 17.9 Å². The van der Waals surface area contributed by atoms with Crippen molar-refractivity contribution < 1.29 is 29.7 Å². The highest BCUT2D eigenvalue weighted by Crippen LogP contribution is 2.28. The Labute approximate surface area is 134 Å². The number of carbonyl (C=O) groups is 3. The van der Waals surface area contributed by atoms with E-state index in [1.54, 1.807) is 0 Å². The molecule has 2 rings (SSSR count). The number of rotatable bonds is 4. The first kappa shape index (κ1) is 19.1. The molecule has 8 nitrogen and oxygen atoms in total. The molecule has 1 aliphatic carbocycles. The van der Waals surface area contributed by atoms with Crippen LogP contribution in [0.1, 0.15) is 32.1 Å². The Morgan fingerprint density at radius 2 is 1.52 bits per heavy atom. The molecule has 3 atom stereocenters. The molecule has 1 aliphatic heterocycles. The Kier molecular flexibility index (Phi) is 7.70. The van der Waals surface area contributed by atoms with Gasteiger partial charge in [0.25, 0.3) is 0 Å². The third kappa shape index (κ3) is 6.37. The minimum atomic E-state index is -1.26. The zero-order valence-corrected chi connectivity index (χ0v) is 12.9. The molecule has 5 N–H and O–H groups in total. The maximum Gasteiger partial charge on any atom is 0.328 e. The van der Waals surface area contributed by atoms with Gasteiger partial charge < -0.3 is 26.0 Å². The Hall–Kier alpha value is -1.93. The van der Waals surface area contributed by atoms with E-state index in [1.807, 2.05) is 4.90 Å². The fraction of sp³-hybridized carbons (Fsp3) is 0.667. The van der Waals surface area contributed by atoms with Crippen LogP contribution < -0.4 is 5.73 Å². The number of aliphatic hydroxyl groups excluding tert-OH is 1. The summed E-state index contributed by atoms with van der Waals surface area (Å²) < 4.78 is 0. The summed E-state index contributed by atoms with van der Waals surface area (Å²) in [6, 6.07) is -0.486. The molecule has 0 aromatic rings. The summed E-state index contributed by atoms with van der Waals surface area (Å²) in [4.78, 5) is 32.9. The first-order chi connectivity index (χ1) is 10.8. The fourth-order valence-corrected chi connectivity index (χ4v) is 2.86. The van der Waals surface area contributed by atoms with E-state index in [1.165, 1.54) is 0 Å². The quantitative estimate of drug-likeness (QED) is 0.524. The molecular formula is C15H24N2O6. The second-order valence-corrected chi connectivity index (χ2v) is 5.73. The lowest BCUT2D eigenvalue weighted by molar-refractivity contribution is -0.134. The predicted molar refractivity (Wildman–Crippen MR) is 81.5 cm³/mol. The van der Waals surface area contributed by atoms with Gasteiger partial charge in [-0.15, -0.1) is 0 Å². The molecule has 2 aliphatic rings. The van der Waals surface area contributed by atoms with Gasteiger partial charge in [-0.25, -0.2) is 9.59 Å². The van der Waals surface area contributed by atoms with Crippen LogP contribution in [0.4, 0.5) is 0 Å². The van der Waals surface area contributed by atoms with Crippen molar-refractivity contribution in [3.05, 3.63) is 12.2 Å². The van der Waals surface area contributed by atoms with Gasteiger partial charge in [-0.1, -0.05) is 6.42 Å². The van der Waals surface area contributed by atoms with Crippen molar-refractivity contribution in [1.29, 1.82) is 0 Å². The second-order valence-electron chi connectivity index (χ2n) is 5.73. The average Bonchev–Trinajstić information content (AvgIpc) is 3.15. The summed E-state index contributed by atoms with van der Waals surface area (Å²) in [5.41, 5.74) is 5.94. The number of carboxylic acid groups (broad SMARTS) is 2.